The number of benzene rings is 1. The standard InChI is InChI=1S/C24H24F3N3O5/c25-24(26,27)35-16-3-1-2-13(6-16)21(32)29-15-8-23(9-15)10-17(11-23)34-22-18(20(28)31)7-14-12-33-5-4-19(14)30-22/h1-3,6-7,15,17H,4-5,8-12H2,(H2,28,31)(H,29,32). The van der Waals surface area contributed by atoms with E-state index in [1.165, 1.54) is 12.1 Å². The molecule has 8 nitrogen and oxygen atoms in total. The third kappa shape index (κ3) is 5.04. The molecule has 2 fully saturated rings. The number of nitrogens with one attached hydrogen (secondary N) is 1. The molecule has 3 aliphatic rings. The predicted molar refractivity (Wildman–Crippen MR) is 116 cm³/mol. The predicted octanol–water partition coefficient (Wildman–Crippen LogP) is 3.27. The molecular formula is C24H24F3N3O5. The summed E-state index contributed by atoms with van der Waals surface area (Å²) in [4.78, 5) is 28.9. The zero-order valence-corrected chi connectivity index (χ0v) is 18.7. The number of primary amides is 1. The average molecular weight is 491 g/mol. The molecule has 5 rings (SSSR count). The highest BCUT2D eigenvalue weighted by Crippen LogP contribution is 2.56. The maximum Gasteiger partial charge on any atom is 0.573 e. The fourth-order valence-electron chi connectivity index (χ4n) is 5.20. The normalized spacial score (nSPS) is 25.1. The van der Waals surface area contributed by atoms with Gasteiger partial charge >= 0.3 is 6.36 Å². The molecule has 35 heavy (non-hydrogen) atoms. The molecule has 186 valence electrons. The number of hydrogen-bond donors (Lipinski definition) is 2. The van der Waals surface area contributed by atoms with Crippen LogP contribution in [0.3, 0.4) is 0 Å². The molecule has 1 spiro atoms. The van der Waals surface area contributed by atoms with Crippen molar-refractivity contribution in [2.24, 2.45) is 11.1 Å². The molecule has 2 heterocycles. The zero-order chi connectivity index (χ0) is 24.8. The Morgan fingerprint density at radius 3 is 2.66 bits per heavy atom. The first-order valence-corrected chi connectivity index (χ1v) is 11.3. The van der Waals surface area contributed by atoms with Gasteiger partial charge in [-0.1, -0.05) is 6.07 Å². The molecule has 0 bridgehead atoms. The van der Waals surface area contributed by atoms with E-state index in [1.54, 1.807) is 6.07 Å². The van der Waals surface area contributed by atoms with Crippen LogP contribution >= 0.6 is 0 Å². The Balaban J connectivity index is 1.14. The number of pyridine rings is 1. The summed E-state index contributed by atoms with van der Waals surface area (Å²) < 4.78 is 52.6. The van der Waals surface area contributed by atoms with Crippen LogP contribution in [0.25, 0.3) is 0 Å². The molecule has 3 N–H and O–H groups in total. The van der Waals surface area contributed by atoms with E-state index in [2.05, 4.69) is 15.0 Å². The first-order chi connectivity index (χ1) is 16.6. The van der Waals surface area contributed by atoms with Gasteiger partial charge in [0, 0.05) is 23.6 Å². The third-order valence-electron chi connectivity index (χ3n) is 6.79. The topological polar surface area (TPSA) is 113 Å². The summed E-state index contributed by atoms with van der Waals surface area (Å²) in [5, 5.41) is 2.87. The highest BCUT2D eigenvalue weighted by Gasteiger charge is 2.54. The average Bonchev–Trinajstić information content (AvgIpc) is 2.74. The van der Waals surface area contributed by atoms with Gasteiger partial charge in [0.05, 0.1) is 18.9 Å². The quantitative estimate of drug-likeness (QED) is 0.642. The lowest BCUT2D eigenvalue weighted by molar-refractivity contribution is -0.274. The van der Waals surface area contributed by atoms with Crippen molar-refractivity contribution in [1.29, 1.82) is 0 Å². The number of halogens is 3. The number of carbonyl (C=O) groups is 2. The van der Waals surface area contributed by atoms with Crippen LogP contribution < -0.4 is 20.5 Å². The van der Waals surface area contributed by atoms with E-state index < -0.39 is 23.9 Å². The smallest absolute Gasteiger partial charge is 0.474 e. The van der Waals surface area contributed by atoms with Crippen molar-refractivity contribution in [2.45, 2.75) is 57.2 Å². The largest absolute Gasteiger partial charge is 0.573 e. The van der Waals surface area contributed by atoms with Crippen LogP contribution in [0, 0.1) is 5.41 Å². The monoisotopic (exact) mass is 491 g/mol. The Hall–Kier alpha value is -3.34. The van der Waals surface area contributed by atoms with Gasteiger partial charge in [-0.3, -0.25) is 9.59 Å². The minimum absolute atomic E-state index is 0.0405. The lowest BCUT2D eigenvalue weighted by atomic mass is 9.53. The maximum atomic E-state index is 12.5. The molecule has 11 heteroatoms. The highest BCUT2D eigenvalue weighted by molar-refractivity contribution is 5.95. The number of nitrogens with two attached hydrogens (primary N) is 1. The van der Waals surface area contributed by atoms with Gasteiger partial charge in [0.1, 0.15) is 17.4 Å². The number of amides is 2. The molecule has 0 atom stereocenters. The Bertz CT molecular complexity index is 1160. The van der Waals surface area contributed by atoms with E-state index >= 15 is 0 Å². The molecule has 2 aromatic rings. The second kappa shape index (κ2) is 8.71. The van der Waals surface area contributed by atoms with Crippen LogP contribution in [0.2, 0.25) is 0 Å². The van der Waals surface area contributed by atoms with Gasteiger partial charge in [-0.25, -0.2) is 4.98 Å². The third-order valence-corrected chi connectivity index (χ3v) is 6.79. The summed E-state index contributed by atoms with van der Waals surface area (Å²) in [6.45, 7) is 0.955. The van der Waals surface area contributed by atoms with Crippen molar-refractivity contribution >= 4 is 11.8 Å². The fraction of sp³-hybridized carbons (Fsp3) is 0.458. The Morgan fingerprint density at radius 1 is 1.17 bits per heavy atom. The number of hydrogen-bond acceptors (Lipinski definition) is 6. The van der Waals surface area contributed by atoms with Gasteiger partial charge in [0.25, 0.3) is 11.8 Å². The van der Waals surface area contributed by atoms with Gasteiger partial charge in [0.15, 0.2) is 0 Å². The van der Waals surface area contributed by atoms with Crippen molar-refractivity contribution < 1.29 is 37.0 Å². The van der Waals surface area contributed by atoms with Gasteiger partial charge in [-0.2, -0.15) is 0 Å². The summed E-state index contributed by atoms with van der Waals surface area (Å²) in [6.07, 6.45) is -1.27. The minimum atomic E-state index is -4.82. The highest BCUT2D eigenvalue weighted by atomic mass is 19.4. The van der Waals surface area contributed by atoms with Crippen LogP contribution in [-0.4, -0.2) is 41.9 Å². The van der Waals surface area contributed by atoms with Crippen molar-refractivity contribution in [3.63, 3.8) is 0 Å². The van der Waals surface area contributed by atoms with Crippen molar-refractivity contribution in [3.8, 4) is 11.6 Å². The summed E-state index contributed by atoms with van der Waals surface area (Å²) in [5.41, 5.74) is 7.60. The Kier molecular flexibility index (Phi) is 5.82. The van der Waals surface area contributed by atoms with E-state index in [4.69, 9.17) is 15.2 Å². The molecule has 0 unspecified atom stereocenters. The van der Waals surface area contributed by atoms with Crippen LogP contribution in [0.4, 0.5) is 13.2 Å². The molecule has 1 aromatic carbocycles. The van der Waals surface area contributed by atoms with Crippen LogP contribution in [0.1, 0.15) is 57.7 Å². The number of nitrogens with zero attached hydrogens (tertiary/aromatic N) is 1. The SMILES string of the molecule is NC(=O)c1cc2c(nc1OC1CC3(CC(NC(=O)c4cccc(OC(F)(F)F)c4)C3)C1)CCOC2. The van der Waals surface area contributed by atoms with Crippen LogP contribution in [-0.2, 0) is 17.8 Å². The summed E-state index contributed by atoms with van der Waals surface area (Å²) in [7, 11) is 0. The summed E-state index contributed by atoms with van der Waals surface area (Å²) >= 11 is 0. The summed E-state index contributed by atoms with van der Waals surface area (Å²) in [6, 6.07) is 6.61. The molecule has 1 aromatic heterocycles. The van der Waals surface area contributed by atoms with E-state index in [0.29, 0.717) is 19.6 Å². The lowest BCUT2D eigenvalue weighted by Crippen LogP contribution is -2.58. The molecule has 2 aliphatic carbocycles. The van der Waals surface area contributed by atoms with Crippen molar-refractivity contribution in [3.05, 3.63) is 52.7 Å². The first kappa shape index (κ1) is 23.4. The fourth-order valence-corrected chi connectivity index (χ4v) is 5.20. The van der Waals surface area contributed by atoms with Gasteiger partial charge in [-0.15, -0.1) is 13.2 Å². The molecule has 2 saturated carbocycles. The summed E-state index contributed by atoms with van der Waals surface area (Å²) in [5.74, 6) is -1.24. The van der Waals surface area contributed by atoms with E-state index in [1.807, 2.05) is 0 Å². The van der Waals surface area contributed by atoms with Crippen molar-refractivity contribution in [2.75, 3.05) is 6.61 Å². The van der Waals surface area contributed by atoms with Crippen LogP contribution in [0.15, 0.2) is 30.3 Å². The lowest BCUT2D eigenvalue weighted by Gasteiger charge is -2.57. The van der Waals surface area contributed by atoms with Gasteiger partial charge in [-0.05, 0) is 55.4 Å². The number of ether oxygens (including phenoxy) is 3. The van der Waals surface area contributed by atoms with E-state index in [-0.39, 0.29) is 34.6 Å². The number of rotatable bonds is 6. The number of alkyl halides is 3. The maximum absolute atomic E-state index is 12.5. The second-order valence-corrected chi connectivity index (χ2v) is 9.42. The zero-order valence-electron chi connectivity index (χ0n) is 18.7. The van der Waals surface area contributed by atoms with E-state index in [0.717, 1.165) is 49.1 Å². The molecule has 0 saturated heterocycles. The molecular weight excluding hydrogens is 467 g/mol. The van der Waals surface area contributed by atoms with Gasteiger partial charge in [0.2, 0.25) is 5.88 Å². The molecule has 2 amide bonds. The van der Waals surface area contributed by atoms with E-state index in [9.17, 15) is 22.8 Å². The van der Waals surface area contributed by atoms with Crippen LogP contribution in [0.5, 0.6) is 11.6 Å². The van der Waals surface area contributed by atoms with Crippen molar-refractivity contribution in [1.82, 2.24) is 10.3 Å². The molecule has 1 aliphatic heterocycles. The number of aromatic nitrogens is 1. The van der Waals surface area contributed by atoms with Gasteiger partial charge < -0.3 is 25.3 Å². The minimum Gasteiger partial charge on any atom is -0.474 e. The first-order valence-electron chi connectivity index (χ1n) is 11.3. The number of fused-ring (bicyclic) bond motifs is 1. The Morgan fingerprint density at radius 2 is 1.94 bits per heavy atom. The molecule has 0 radical (unpaired) electrons. The Labute approximate surface area is 198 Å². The number of carbonyl (C=O) groups excluding carboxylic acids is 2. The second-order valence-electron chi connectivity index (χ2n) is 9.42.